The summed E-state index contributed by atoms with van der Waals surface area (Å²) in [6.07, 6.45) is -4.53. The number of alkyl halides is 3. The van der Waals surface area contributed by atoms with Crippen LogP contribution >= 0.6 is 0 Å². The molecule has 0 aliphatic heterocycles. The minimum absolute atomic E-state index is 0.0603. The molecule has 23 heavy (non-hydrogen) atoms. The van der Waals surface area contributed by atoms with Crippen LogP contribution in [0.1, 0.15) is 5.56 Å². The van der Waals surface area contributed by atoms with E-state index >= 15 is 0 Å². The van der Waals surface area contributed by atoms with Gasteiger partial charge in [-0.05, 0) is 36.4 Å². The molecule has 3 rings (SSSR count). The molecule has 0 saturated carbocycles. The Morgan fingerprint density at radius 2 is 1.70 bits per heavy atom. The fourth-order valence-electron chi connectivity index (χ4n) is 2.19. The molecule has 0 saturated heterocycles. The first-order valence-electron chi connectivity index (χ1n) is 6.57. The van der Waals surface area contributed by atoms with Crippen LogP contribution in [0.4, 0.5) is 17.6 Å². The summed E-state index contributed by atoms with van der Waals surface area (Å²) in [6, 6.07) is 9.84. The molecule has 0 aliphatic carbocycles. The second-order valence-electron chi connectivity index (χ2n) is 4.88. The number of aromatic hydroxyl groups is 1. The molecule has 118 valence electrons. The number of nitrogens with zero attached hydrogens (tertiary/aromatic N) is 1. The van der Waals surface area contributed by atoms with Crippen molar-refractivity contribution in [2.24, 2.45) is 0 Å². The third-order valence-electron chi connectivity index (χ3n) is 3.34. The normalized spacial score (nSPS) is 11.7. The first kappa shape index (κ1) is 15.1. The molecule has 0 atom stereocenters. The van der Waals surface area contributed by atoms with Gasteiger partial charge in [-0.1, -0.05) is 12.1 Å². The summed E-state index contributed by atoms with van der Waals surface area (Å²) < 4.78 is 52.1. The fourth-order valence-corrected chi connectivity index (χ4v) is 2.19. The molecule has 0 unspecified atom stereocenters. The smallest absolute Gasteiger partial charge is 0.416 e. The van der Waals surface area contributed by atoms with Crippen LogP contribution in [0.5, 0.6) is 5.75 Å². The summed E-state index contributed by atoms with van der Waals surface area (Å²) in [4.78, 5) is 0. The summed E-state index contributed by atoms with van der Waals surface area (Å²) in [7, 11) is 0. The standard InChI is InChI=1S/C16H10F4N2O/c17-12-4-2-1-3-10(12)13-8-14(22-21-13)11-7-9(16(18,19)20)5-6-15(11)23/h1-8,23H,(H,21,22). The Kier molecular flexibility index (Phi) is 3.55. The lowest BCUT2D eigenvalue weighted by Crippen LogP contribution is -2.04. The van der Waals surface area contributed by atoms with Crippen molar-refractivity contribution in [3.63, 3.8) is 0 Å². The summed E-state index contributed by atoms with van der Waals surface area (Å²) in [5, 5.41) is 16.2. The van der Waals surface area contributed by atoms with E-state index in [1.54, 1.807) is 6.07 Å². The lowest BCUT2D eigenvalue weighted by molar-refractivity contribution is -0.137. The monoisotopic (exact) mass is 322 g/mol. The van der Waals surface area contributed by atoms with E-state index in [0.29, 0.717) is 0 Å². The van der Waals surface area contributed by atoms with Gasteiger partial charge in [0.15, 0.2) is 0 Å². The third-order valence-corrected chi connectivity index (χ3v) is 3.34. The average molecular weight is 322 g/mol. The van der Waals surface area contributed by atoms with Crippen LogP contribution in [-0.4, -0.2) is 15.3 Å². The maximum Gasteiger partial charge on any atom is 0.416 e. The Balaban J connectivity index is 2.06. The van der Waals surface area contributed by atoms with Crippen molar-refractivity contribution < 1.29 is 22.7 Å². The number of rotatable bonds is 2. The van der Waals surface area contributed by atoms with E-state index in [4.69, 9.17) is 0 Å². The predicted molar refractivity (Wildman–Crippen MR) is 76.1 cm³/mol. The van der Waals surface area contributed by atoms with Crippen LogP contribution < -0.4 is 0 Å². The molecule has 2 aromatic carbocycles. The molecule has 0 bridgehead atoms. The summed E-state index contributed by atoms with van der Waals surface area (Å²) in [5.41, 5.74) is -0.356. The van der Waals surface area contributed by atoms with E-state index in [1.807, 2.05) is 0 Å². The van der Waals surface area contributed by atoms with E-state index < -0.39 is 17.6 Å². The number of hydrogen-bond acceptors (Lipinski definition) is 2. The summed E-state index contributed by atoms with van der Waals surface area (Å²) in [6.45, 7) is 0. The molecule has 0 fully saturated rings. The number of nitrogens with one attached hydrogen (secondary N) is 1. The predicted octanol–water partition coefficient (Wildman–Crippen LogP) is 4.61. The quantitative estimate of drug-likeness (QED) is 0.677. The van der Waals surface area contributed by atoms with Gasteiger partial charge in [0.1, 0.15) is 11.6 Å². The Labute approximate surface area is 128 Å². The second kappa shape index (κ2) is 5.42. The highest BCUT2D eigenvalue weighted by Crippen LogP contribution is 2.37. The topological polar surface area (TPSA) is 48.9 Å². The average Bonchev–Trinajstić information content (AvgIpc) is 2.96. The number of H-pyrrole nitrogens is 1. The Morgan fingerprint density at radius 1 is 0.957 bits per heavy atom. The maximum absolute atomic E-state index is 13.7. The van der Waals surface area contributed by atoms with Gasteiger partial charge >= 0.3 is 6.18 Å². The zero-order chi connectivity index (χ0) is 16.6. The van der Waals surface area contributed by atoms with Gasteiger partial charge < -0.3 is 5.11 Å². The second-order valence-corrected chi connectivity index (χ2v) is 4.88. The van der Waals surface area contributed by atoms with Gasteiger partial charge in [-0.15, -0.1) is 0 Å². The minimum atomic E-state index is -4.53. The number of phenols is 1. The number of benzene rings is 2. The number of phenolic OH excluding ortho intramolecular Hbond substituents is 1. The highest BCUT2D eigenvalue weighted by Gasteiger charge is 2.31. The molecule has 1 heterocycles. The van der Waals surface area contributed by atoms with Gasteiger partial charge in [-0.25, -0.2) is 4.39 Å². The molecule has 3 aromatic rings. The van der Waals surface area contributed by atoms with Crippen molar-refractivity contribution in [3.05, 3.63) is 59.9 Å². The highest BCUT2D eigenvalue weighted by molar-refractivity contribution is 5.72. The van der Waals surface area contributed by atoms with Crippen molar-refractivity contribution in [2.75, 3.05) is 0 Å². The van der Waals surface area contributed by atoms with E-state index in [-0.39, 0.29) is 28.3 Å². The SMILES string of the molecule is Oc1ccc(C(F)(F)F)cc1-c1cc(-c2ccccc2F)n[nH]1. The van der Waals surface area contributed by atoms with E-state index in [0.717, 1.165) is 18.2 Å². The maximum atomic E-state index is 13.7. The number of aromatic nitrogens is 2. The lowest BCUT2D eigenvalue weighted by atomic mass is 10.0. The van der Waals surface area contributed by atoms with Crippen LogP contribution in [0.15, 0.2) is 48.5 Å². The van der Waals surface area contributed by atoms with Crippen LogP contribution in [-0.2, 0) is 6.18 Å². The van der Waals surface area contributed by atoms with Crippen molar-refractivity contribution in [2.45, 2.75) is 6.18 Å². The largest absolute Gasteiger partial charge is 0.507 e. The number of hydrogen-bond donors (Lipinski definition) is 2. The van der Waals surface area contributed by atoms with Crippen molar-refractivity contribution in [1.29, 1.82) is 0 Å². The zero-order valence-electron chi connectivity index (χ0n) is 11.5. The van der Waals surface area contributed by atoms with Crippen LogP contribution in [0, 0.1) is 5.82 Å². The van der Waals surface area contributed by atoms with E-state index in [9.17, 15) is 22.7 Å². The van der Waals surface area contributed by atoms with Gasteiger partial charge in [0.05, 0.1) is 17.0 Å². The van der Waals surface area contributed by atoms with Gasteiger partial charge in [0.25, 0.3) is 0 Å². The number of aromatic amines is 1. The van der Waals surface area contributed by atoms with Gasteiger partial charge in [-0.3, -0.25) is 5.10 Å². The summed E-state index contributed by atoms with van der Waals surface area (Å²) in [5.74, 6) is -0.833. The zero-order valence-corrected chi connectivity index (χ0v) is 11.5. The molecular weight excluding hydrogens is 312 g/mol. The summed E-state index contributed by atoms with van der Waals surface area (Å²) >= 11 is 0. The molecule has 3 nitrogen and oxygen atoms in total. The van der Waals surface area contributed by atoms with Gasteiger partial charge in [0, 0.05) is 11.1 Å². The molecular formula is C16H10F4N2O. The van der Waals surface area contributed by atoms with Gasteiger partial charge in [-0.2, -0.15) is 18.3 Å². The lowest BCUT2D eigenvalue weighted by Gasteiger charge is -2.09. The Bertz CT molecular complexity index is 855. The highest BCUT2D eigenvalue weighted by atomic mass is 19.4. The fraction of sp³-hybridized carbons (Fsp3) is 0.0625. The Morgan fingerprint density at radius 3 is 2.39 bits per heavy atom. The van der Waals surface area contributed by atoms with Crippen molar-refractivity contribution in [1.82, 2.24) is 10.2 Å². The molecule has 0 amide bonds. The molecule has 0 radical (unpaired) electrons. The Hall–Kier alpha value is -2.83. The van der Waals surface area contributed by atoms with Crippen molar-refractivity contribution >= 4 is 0 Å². The molecule has 1 aromatic heterocycles. The van der Waals surface area contributed by atoms with Crippen molar-refractivity contribution in [3.8, 4) is 28.3 Å². The first-order chi connectivity index (χ1) is 10.9. The van der Waals surface area contributed by atoms with Crippen LogP contribution in [0.2, 0.25) is 0 Å². The van der Waals surface area contributed by atoms with Crippen LogP contribution in [0.25, 0.3) is 22.5 Å². The number of halogens is 4. The third kappa shape index (κ3) is 2.90. The molecule has 0 spiro atoms. The van der Waals surface area contributed by atoms with E-state index in [2.05, 4.69) is 10.2 Å². The van der Waals surface area contributed by atoms with E-state index in [1.165, 1.54) is 24.3 Å². The molecule has 2 N–H and O–H groups in total. The minimum Gasteiger partial charge on any atom is -0.507 e. The van der Waals surface area contributed by atoms with Crippen LogP contribution in [0.3, 0.4) is 0 Å². The molecule has 0 aliphatic rings. The van der Waals surface area contributed by atoms with Gasteiger partial charge in [0.2, 0.25) is 0 Å². The first-order valence-corrected chi connectivity index (χ1v) is 6.57. The molecule has 7 heteroatoms.